The van der Waals surface area contributed by atoms with Gasteiger partial charge in [-0.3, -0.25) is 4.79 Å². The Balaban J connectivity index is 2.47. The summed E-state index contributed by atoms with van der Waals surface area (Å²) in [6, 6.07) is 9.31. The Labute approximate surface area is 107 Å². The predicted molar refractivity (Wildman–Crippen MR) is 75.6 cm³/mol. The van der Waals surface area contributed by atoms with Gasteiger partial charge in [-0.05, 0) is 17.5 Å². The van der Waals surface area contributed by atoms with Gasteiger partial charge in [0.2, 0.25) is 0 Å². The molecule has 1 unspecified atom stereocenters. The van der Waals surface area contributed by atoms with Gasteiger partial charge in [-0.25, -0.2) is 0 Å². The van der Waals surface area contributed by atoms with Gasteiger partial charge in [-0.15, -0.1) is 0 Å². The maximum atomic E-state index is 11.8. The van der Waals surface area contributed by atoms with Crippen molar-refractivity contribution in [3.63, 3.8) is 0 Å². The first-order valence-electron chi connectivity index (χ1n) is 6.23. The van der Waals surface area contributed by atoms with Crippen LogP contribution in [0, 0.1) is 5.41 Å². The molecule has 0 bridgehead atoms. The fraction of sp³-hybridized carbons (Fsp3) is 0.400. The molecular weight excluding hydrogens is 224 g/mol. The Kier molecular flexibility index (Phi) is 3.26. The van der Waals surface area contributed by atoms with Gasteiger partial charge in [-0.1, -0.05) is 32.9 Å². The number of hydrogen-bond acceptors (Lipinski definition) is 2. The highest BCUT2D eigenvalue weighted by Gasteiger charge is 2.21. The van der Waals surface area contributed by atoms with Gasteiger partial charge in [0.15, 0.2) is 5.43 Å². The Morgan fingerprint density at radius 1 is 1.22 bits per heavy atom. The summed E-state index contributed by atoms with van der Waals surface area (Å²) in [5.74, 6) is 0. The van der Waals surface area contributed by atoms with Gasteiger partial charge in [0, 0.05) is 30.2 Å². The summed E-state index contributed by atoms with van der Waals surface area (Å²) in [4.78, 5) is 11.8. The lowest BCUT2D eigenvalue weighted by Gasteiger charge is -2.28. The molecule has 0 saturated carbocycles. The zero-order valence-corrected chi connectivity index (χ0v) is 11.2. The summed E-state index contributed by atoms with van der Waals surface area (Å²) >= 11 is 0. The first-order valence-corrected chi connectivity index (χ1v) is 6.23. The van der Waals surface area contributed by atoms with Crippen LogP contribution >= 0.6 is 0 Å². The van der Waals surface area contributed by atoms with Crippen molar-refractivity contribution in [2.75, 3.05) is 0 Å². The summed E-state index contributed by atoms with van der Waals surface area (Å²) in [7, 11) is 0. The normalized spacial score (nSPS) is 13.8. The second-order valence-electron chi connectivity index (χ2n) is 5.82. The zero-order valence-electron chi connectivity index (χ0n) is 11.2. The standard InChI is InChI=1S/C15H20N2O/c1-15(2,3)14(16)10-17-9-8-13(18)11-6-4-5-7-12(11)17/h4-9,14H,10,16H2,1-3H3. The molecule has 0 aliphatic rings. The molecule has 1 aromatic carbocycles. The molecule has 2 rings (SSSR count). The van der Waals surface area contributed by atoms with Crippen LogP contribution in [0.2, 0.25) is 0 Å². The Morgan fingerprint density at radius 3 is 2.56 bits per heavy atom. The maximum absolute atomic E-state index is 11.8. The molecule has 3 nitrogen and oxygen atoms in total. The van der Waals surface area contributed by atoms with Crippen LogP contribution in [-0.4, -0.2) is 10.6 Å². The second-order valence-corrected chi connectivity index (χ2v) is 5.82. The van der Waals surface area contributed by atoms with Crippen molar-refractivity contribution < 1.29 is 0 Å². The summed E-state index contributed by atoms with van der Waals surface area (Å²) in [6.45, 7) is 7.09. The molecular formula is C15H20N2O. The van der Waals surface area contributed by atoms with Crippen LogP contribution in [-0.2, 0) is 6.54 Å². The third-order valence-electron chi connectivity index (χ3n) is 3.39. The summed E-state index contributed by atoms with van der Waals surface area (Å²) in [6.07, 6.45) is 1.83. The molecule has 2 N–H and O–H groups in total. The van der Waals surface area contributed by atoms with E-state index in [2.05, 4.69) is 25.3 Å². The zero-order chi connectivity index (χ0) is 13.3. The molecule has 1 atom stereocenters. The molecule has 0 saturated heterocycles. The lowest BCUT2D eigenvalue weighted by atomic mass is 9.87. The first kappa shape index (κ1) is 12.8. The van der Waals surface area contributed by atoms with Crippen molar-refractivity contribution >= 4 is 10.9 Å². The Morgan fingerprint density at radius 2 is 1.89 bits per heavy atom. The van der Waals surface area contributed by atoms with Gasteiger partial charge < -0.3 is 10.3 Å². The van der Waals surface area contributed by atoms with E-state index < -0.39 is 0 Å². The number of nitrogens with zero attached hydrogens (tertiary/aromatic N) is 1. The van der Waals surface area contributed by atoms with E-state index >= 15 is 0 Å². The van der Waals surface area contributed by atoms with E-state index in [0.717, 1.165) is 10.9 Å². The molecule has 0 fully saturated rings. The minimum Gasteiger partial charge on any atom is -0.346 e. The first-order chi connectivity index (χ1) is 8.39. The van der Waals surface area contributed by atoms with Crippen LogP contribution in [0.1, 0.15) is 20.8 Å². The van der Waals surface area contributed by atoms with Crippen molar-refractivity contribution in [3.05, 3.63) is 46.8 Å². The molecule has 1 heterocycles. The monoisotopic (exact) mass is 244 g/mol. The lowest BCUT2D eigenvalue weighted by Crippen LogP contribution is -2.39. The Hall–Kier alpha value is -1.61. The summed E-state index contributed by atoms with van der Waals surface area (Å²) < 4.78 is 2.06. The van der Waals surface area contributed by atoms with E-state index in [9.17, 15) is 4.79 Å². The van der Waals surface area contributed by atoms with E-state index in [1.54, 1.807) is 6.07 Å². The number of hydrogen-bond donors (Lipinski definition) is 1. The highest BCUT2D eigenvalue weighted by molar-refractivity contribution is 5.78. The minimum absolute atomic E-state index is 0.0448. The molecule has 0 aliphatic heterocycles. The highest BCUT2D eigenvalue weighted by atomic mass is 16.1. The van der Waals surface area contributed by atoms with Crippen LogP contribution in [0.3, 0.4) is 0 Å². The largest absolute Gasteiger partial charge is 0.346 e. The number of para-hydroxylation sites is 1. The number of rotatable bonds is 2. The number of aromatic nitrogens is 1. The number of fused-ring (bicyclic) bond motifs is 1. The molecule has 2 aromatic rings. The molecule has 0 radical (unpaired) electrons. The van der Waals surface area contributed by atoms with Crippen LogP contribution in [0.5, 0.6) is 0 Å². The average Bonchev–Trinajstić information content (AvgIpc) is 2.32. The van der Waals surface area contributed by atoms with Gasteiger partial charge in [0.1, 0.15) is 0 Å². The molecule has 96 valence electrons. The Bertz CT molecular complexity index is 608. The van der Waals surface area contributed by atoms with Crippen molar-refractivity contribution in [2.45, 2.75) is 33.4 Å². The highest BCUT2D eigenvalue weighted by Crippen LogP contribution is 2.20. The van der Waals surface area contributed by atoms with Crippen LogP contribution in [0.4, 0.5) is 0 Å². The van der Waals surface area contributed by atoms with Gasteiger partial charge in [0.05, 0.1) is 5.52 Å². The minimum atomic E-state index is 0.0448. The molecule has 0 spiro atoms. The van der Waals surface area contributed by atoms with E-state index in [-0.39, 0.29) is 16.9 Å². The lowest BCUT2D eigenvalue weighted by molar-refractivity contribution is 0.293. The second kappa shape index (κ2) is 4.58. The van der Waals surface area contributed by atoms with Crippen LogP contribution < -0.4 is 11.2 Å². The SMILES string of the molecule is CC(C)(C)C(N)Cn1ccc(=O)c2ccccc21. The third-order valence-corrected chi connectivity index (χ3v) is 3.39. The maximum Gasteiger partial charge on any atom is 0.189 e. The number of nitrogens with two attached hydrogens (primary N) is 1. The molecule has 3 heteroatoms. The van der Waals surface area contributed by atoms with E-state index in [0.29, 0.717) is 6.54 Å². The molecule has 0 amide bonds. The van der Waals surface area contributed by atoms with E-state index in [4.69, 9.17) is 5.73 Å². The molecule has 18 heavy (non-hydrogen) atoms. The van der Waals surface area contributed by atoms with Gasteiger partial charge in [-0.2, -0.15) is 0 Å². The van der Waals surface area contributed by atoms with Gasteiger partial charge in [0.25, 0.3) is 0 Å². The van der Waals surface area contributed by atoms with Crippen molar-refractivity contribution in [2.24, 2.45) is 11.1 Å². The fourth-order valence-corrected chi connectivity index (χ4v) is 1.91. The number of pyridine rings is 1. The third kappa shape index (κ3) is 2.46. The topological polar surface area (TPSA) is 48.0 Å². The summed E-state index contributed by atoms with van der Waals surface area (Å²) in [5.41, 5.74) is 7.27. The van der Waals surface area contributed by atoms with Crippen molar-refractivity contribution in [3.8, 4) is 0 Å². The molecule has 1 aromatic heterocycles. The smallest absolute Gasteiger partial charge is 0.189 e. The molecule has 0 aliphatic carbocycles. The van der Waals surface area contributed by atoms with E-state index in [1.165, 1.54) is 0 Å². The van der Waals surface area contributed by atoms with Crippen molar-refractivity contribution in [1.82, 2.24) is 4.57 Å². The van der Waals surface area contributed by atoms with Gasteiger partial charge >= 0.3 is 0 Å². The fourth-order valence-electron chi connectivity index (χ4n) is 1.91. The average molecular weight is 244 g/mol. The summed E-state index contributed by atoms with van der Waals surface area (Å²) in [5, 5.41) is 0.751. The number of benzene rings is 1. The van der Waals surface area contributed by atoms with Crippen LogP contribution in [0.15, 0.2) is 41.3 Å². The van der Waals surface area contributed by atoms with Crippen molar-refractivity contribution in [1.29, 1.82) is 0 Å². The predicted octanol–water partition coefficient (Wildman–Crippen LogP) is 2.37. The van der Waals surface area contributed by atoms with E-state index in [1.807, 2.05) is 30.5 Å². The van der Waals surface area contributed by atoms with Crippen LogP contribution in [0.25, 0.3) is 10.9 Å². The quantitative estimate of drug-likeness (QED) is 0.881.